The maximum atomic E-state index is 13.2. The summed E-state index contributed by atoms with van der Waals surface area (Å²) in [4.78, 5) is 48.2. The number of methoxy groups -OCH3 is 2. The third kappa shape index (κ3) is 2.78. The van der Waals surface area contributed by atoms with Gasteiger partial charge in [0.1, 0.15) is 12.3 Å². The first kappa shape index (κ1) is 19.7. The summed E-state index contributed by atoms with van der Waals surface area (Å²) in [6.45, 7) is 3.45. The van der Waals surface area contributed by atoms with Gasteiger partial charge in [0, 0.05) is 18.9 Å². The average Bonchev–Trinajstić information content (AvgIpc) is 3.23. The highest BCUT2D eigenvalue weighted by atomic mass is 16.5. The number of aliphatic imine (C=N–C) groups is 1. The summed E-state index contributed by atoms with van der Waals surface area (Å²) in [5.41, 5.74) is 2.68. The zero-order chi connectivity index (χ0) is 21.7. The number of fused-ring (bicyclic) bond motifs is 3. The molecule has 3 aliphatic rings. The molecule has 0 N–H and O–H groups in total. The molecule has 2 atom stereocenters. The molecule has 1 aromatic rings. The summed E-state index contributed by atoms with van der Waals surface area (Å²) in [7, 11) is 4.37. The van der Waals surface area contributed by atoms with E-state index in [4.69, 9.17) is 9.73 Å². The van der Waals surface area contributed by atoms with Gasteiger partial charge >= 0.3 is 12.0 Å². The number of urea groups is 1. The largest absolute Gasteiger partial charge is 0.495 e. The van der Waals surface area contributed by atoms with E-state index in [0.29, 0.717) is 11.7 Å². The van der Waals surface area contributed by atoms with E-state index in [1.807, 2.05) is 43.1 Å². The second-order valence-corrected chi connectivity index (χ2v) is 7.37. The first-order valence-electron chi connectivity index (χ1n) is 9.42. The fraction of sp³-hybridized carbons (Fsp3) is 0.400. The second-order valence-electron chi connectivity index (χ2n) is 7.37. The molecule has 10 heteroatoms. The summed E-state index contributed by atoms with van der Waals surface area (Å²) in [6.07, 6.45) is 1.12. The number of anilines is 1. The van der Waals surface area contributed by atoms with Gasteiger partial charge < -0.3 is 19.3 Å². The standard InChI is InChI=1S/C20H23N5O5/c1-11-6-7-14(29-4)13(8-11)25-12(2)9-23-16-17(21-19(23)25)22(3)20(28)24(18(16)27)10-15(26)30-5/h6-9,16-17H,10H2,1-5H3. The van der Waals surface area contributed by atoms with Gasteiger partial charge in [0.05, 0.1) is 19.9 Å². The van der Waals surface area contributed by atoms with Gasteiger partial charge in [-0.05, 0) is 31.5 Å². The van der Waals surface area contributed by atoms with Gasteiger partial charge in [-0.1, -0.05) is 6.07 Å². The number of ether oxygens (including phenoxy) is 2. The van der Waals surface area contributed by atoms with Crippen molar-refractivity contribution < 1.29 is 23.9 Å². The number of aryl methyl sites for hydroxylation is 1. The molecule has 1 saturated heterocycles. The Kier molecular flexibility index (Phi) is 4.64. The number of rotatable bonds is 4. The van der Waals surface area contributed by atoms with Crippen LogP contribution in [-0.4, -0.2) is 78.6 Å². The average molecular weight is 413 g/mol. The Labute approximate surface area is 173 Å². The van der Waals surface area contributed by atoms with E-state index in [1.165, 1.54) is 12.0 Å². The van der Waals surface area contributed by atoms with E-state index in [9.17, 15) is 14.4 Å². The Balaban J connectivity index is 1.73. The van der Waals surface area contributed by atoms with Crippen molar-refractivity contribution in [3.63, 3.8) is 0 Å². The highest BCUT2D eigenvalue weighted by Gasteiger charge is 2.55. The van der Waals surface area contributed by atoms with Gasteiger partial charge in [-0.2, -0.15) is 0 Å². The van der Waals surface area contributed by atoms with Crippen LogP contribution in [0, 0.1) is 6.92 Å². The molecule has 0 aromatic heterocycles. The van der Waals surface area contributed by atoms with Gasteiger partial charge in [-0.15, -0.1) is 0 Å². The Morgan fingerprint density at radius 2 is 1.93 bits per heavy atom. The second kappa shape index (κ2) is 7.05. The van der Waals surface area contributed by atoms with Crippen LogP contribution in [0.4, 0.5) is 10.5 Å². The summed E-state index contributed by atoms with van der Waals surface area (Å²) < 4.78 is 10.2. The predicted molar refractivity (Wildman–Crippen MR) is 108 cm³/mol. The van der Waals surface area contributed by atoms with E-state index in [0.717, 1.165) is 21.8 Å². The van der Waals surface area contributed by atoms with E-state index in [-0.39, 0.29) is 0 Å². The molecule has 0 aliphatic carbocycles. The molecule has 0 bridgehead atoms. The molecular formula is C20H23N5O5. The lowest BCUT2D eigenvalue weighted by molar-refractivity contribution is -0.148. The molecule has 10 nitrogen and oxygen atoms in total. The number of hydrogen-bond acceptors (Lipinski definition) is 8. The van der Waals surface area contributed by atoms with Crippen LogP contribution >= 0.6 is 0 Å². The van der Waals surface area contributed by atoms with Crippen LogP contribution in [0.5, 0.6) is 5.75 Å². The van der Waals surface area contributed by atoms with E-state index in [1.54, 1.807) is 19.1 Å². The summed E-state index contributed by atoms with van der Waals surface area (Å²) >= 11 is 0. The number of guanidine groups is 1. The molecular weight excluding hydrogens is 390 g/mol. The lowest BCUT2D eigenvalue weighted by Gasteiger charge is -2.39. The molecule has 30 heavy (non-hydrogen) atoms. The van der Waals surface area contributed by atoms with Crippen LogP contribution in [0.1, 0.15) is 12.5 Å². The van der Waals surface area contributed by atoms with Crippen molar-refractivity contribution in [2.24, 2.45) is 4.99 Å². The van der Waals surface area contributed by atoms with Crippen molar-refractivity contribution in [3.05, 3.63) is 35.7 Å². The lowest BCUT2D eigenvalue weighted by atomic mass is 10.1. The van der Waals surface area contributed by atoms with Crippen LogP contribution in [-0.2, 0) is 14.3 Å². The molecule has 1 fully saturated rings. The third-order valence-corrected chi connectivity index (χ3v) is 5.48. The molecule has 3 amide bonds. The van der Waals surface area contributed by atoms with Crippen molar-refractivity contribution in [1.82, 2.24) is 14.7 Å². The monoisotopic (exact) mass is 413 g/mol. The van der Waals surface area contributed by atoms with Gasteiger partial charge in [-0.25, -0.2) is 9.79 Å². The number of amides is 3. The first-order chi connectivity index (χ1) is 14.3. The number of likely N-dealkylation sites (N-methyl/N-ethyl adjacent to an activating group) is 1. The van der Waals surface area contributed by atoms with Crippen LogP contribution < -0.4 is 9.64 Å². The van der Waals surface area contributed by atoms with Crippen molar-refractivity contribution in [2.45, 2.75) is 26.1 Å². The normalized spacial score (nSPS) is 22.7. The highest BCUT2D eigenvalue weighted by Crippen LogP contribution is 2.40. The third-order valence-electron chi connectivity index (χ3n) is 5.48. The summed E-state index contributed by atoms with van der Waals surface area (Å²) in [5.74, 6) is 0.0338. The number of carbonyl (C=O) groups is 3. The number of esters is 1. The number of carbonyl (C=O) groups excluding carboxylic acids is 3. The zero-order valence-electron chi connectivity index (χ0n) is 17.4. The minimum Gasteiger partial charge on any atom is -0.495 e. The SMILES string of the molecule is COC(=O)CN1C(=O)C2C(N=C3N(c4cc(C)ccc4OC)C(C)=CN32)N(C)C1=O. The minimum absolute atomic E-state index is 0.441. The van der Waals surface area contributed by atoms with Gasteiger partial charge in [0.25, 0.3) is 5.91 Å². The smallest absolute Gasteiger partial charge is 0.328 e. The predicted octanol–water partition coefficient (Wildman–Crippen LogP) is 1.12. The number of imide groups is 1. The van der Waals surface area contributed by atoms with Gasteiger partial charge in [0.15, 0.2) is 12.2 Å². The van der Waals surface area contributed by atoms with Crippen molar-refractivity contribution in [2.75, 3.05) is 32.7 Å². The Bertz CT molecular complexity index is 1000. The first-order valence-corrected chi connectivity index (χ1v) is 9.42. The van der Waals surface area contributed by atoms with Crippen LogP contribution in [0.25, 0.3) is 0 Å². The number of hydrogen-bond donors (Lipinski definition) is 0. The van der Waals surface area contributed by atoms with Crippen molar-refractivity contribution in [3.8, 4) is 5.75 Å². The van der Waals surface area contributed by atoms with Crippen LogP contribution in [0.2, 0.25) is 0 Å². The van der Waals surface area contributed by atoms with E-state index in [2.05, 4.69) is 4.74 Å². The fourth-order valence-electron chi connectivity index (χ4n) is 3.97. The maximum Gasteiger partial charge on any atom is 0.328 e. The van der Waals surface area contributed by atoms with E-state index < -0.39 is 36.7 Å². The molecule has 4 rings (SSSR count). The Morgan fingerprint density at radius 1 is 1.20 bits per heavy atom. The summed E-state index contributed by atoms with van der Waals surface area (Å²) in [5, 5.41) is 0. The zero-order valence-corrected chi connectivity index (χ0v) is 17.4. The molecule has 2 unspecified atom stereocenters. The van der Waals surface area contributed by atoms with Crippen molar-refractivity contribution in [1.29, 1.82) is 0 Å². The molecule has 158 valence electrons. The number of allylic oxidation sites excluding steroid dienone is 1. The highest BCUT2D eigenvalue weighted by molar-refractivity contribution is 6.11. The molecule has 1 aromatic carbocycles. The molecule has 0 spiro atoms. The maximum absolute atomic E-state index is 13.2. The topological polar surface area (TPSA) is 95.0 Å². The van der Waals surface area contributed by atoms with Gasteiger partial charge in [0.2, 0.25) is 5.96 Å². The minimum atomic E-state index is -0.761. The van der Waals surface area contributed by atoms with Gasteiger partial charge in [-0.3, -0.25) is 19.4 Å². The quantitative estimate of drug-likeness (QED) is 0.683. The molecule has 3 aliphatic heterocycles. The van der Waals surface area contributed by atoms with E-state index >= 15 is 0 Å². The molecule has 0 saturated carbocycles. The molecule has 3 heterocycles. The Morgan fingerprint density at radius 3 is 2.60 bits per heavy atom. The fourth-order valence-corrected chi connectivity index (χ4v) is 3.97. The van der Waals surface area contributed by atoms with Crippen molar-refractivity contribution >= 4 is 29.6 Å². The number of nitrogens with zero attached hydrogens (tertiary/aromatic N) is 5. The lowest BCUT2D eigenvalue weighted by Crippen LogP contribution is -2.65. The Hall–Kier alpha value is -3.56. The van der Waals surface area contributed by atoms with Crippen LogP contribution in [0.3, 0.4) is 0 Å². The number of benzene rings is 1. The summed E-state index contributed by atoms with van der Waals surface area (Å²) in [6, 6.07) is 4.46. The van der Waals surface area contributed by atoms with Crippen LogP contribution in [0.15, 0.2) is 35.1 Å². The molecule has 0 radical (unpaired) electrons.